The lowest BCUT2D eigenvalue weighted by Gasteiger charge is -2.29. The standard InChI is InChI=1S/C23H29IN2O4/c1-5-16(2)25-23(28)17(3)26(14-18-7-6-8-21(13-18)29-4)22(27)15-30-20-11-9-19(24)10-12-20/h6-13,16-17H,5,14-15H2,1-4H3,(H,25,28)/t16-,17-/m0/s1. The molecule has 0 unspecified atom stereocenters. The largest absolute Gasteiger partial charge is 0.497 e. The smallest absolute Gasteiger partial charge is 0.261 e. The number of hydrogen-bond acceptors (Lipinski definition) is 4. The van der Waals surface area contributed by atoms with Crippen LogP contribution in [0.4, 0.5) is 0 Å². The van der Waals surface area contributed by atoms with Gasteiger partial charge in [0.1, 0.15) is 17.5 Å². The van der Waals surface area contributed by atoms with Crippen LogP contribution >= 0.6 is 22.6 Å². The van der Waals surface area contributed by atoms with E-state index in [1.165, 1.54) is 0 Å². The molecule has 30 heavy (non-hydrogen) atoms. The minimum atomic E-state index is -0.641. The first-order chi connectivity index (χ1) is 14.3. The van der Waals surface area contributed by atoms with Crippen molar-refractivity contribution in [2.45, 2.75) is 45.8 Å². The van der Waals surface area contributed by atoms with Crippen molar-refractivity contribution < 1.29 is 19.1 Å². The molecule has 6 nitrogen and oxygen atoms in total. The van der Waals surface area contributed by atoms with Gasteiger partial charge in [-0.05, 0) is 84.8 Å². The lowest BCUT2D eigenvalue weighted by molar-refractivity contribution is -0.142. The third kappa shape index (κ3) is 7.19. The summed E-state index contributed by atoms with van der Waals surface area (Å²) in [6.07, 6.45) is 0.818. The van der Waals surface area contributed by atoms with Crippen LogP contribution in [0.1, 0.15) is 32.8 Å². The topological polar surface area (TPSA) is 67.9 Å². The van der Waals surface area contributed by atoms with Gasteiger partial charge >= 0.3 is 0 Å². The number of amides is 2. The quantitative estimate of drug-likeness (QED) is 0.477. The fourth-order valence-electron chi connectivity index (χ4n) is 2.77. The summed E-state index contributed by atoms with van der Waals surface area (Å²) in [5.41, 5.74) is 0.875. The average molecular weight is 524 g/mol. The van der Waals surface area contributed by atoms with Crippen molar-refractivity contribution >= 4 is 34.4 Å². The predicted molar refractivity (Wildman–Crippen MR) is 126 cm³/mol. The van der Waals surface area contributed by atoms with E-state index in [-0.39, 0.29) is 31.0 Å². The lowest BCUT2D eigenvalue weighted by Crippen LogP contribution is -2.50. The van der Waals surface area contributed by atoms with E-state index >= 15 is 0 Å². The molecule has 0 radical (unpaired) electrons. The second-order valence-corrected chi connectivity index (χ2v) is 8.36. The Bertz CT molecular complexity index is 841. The summed E-state index contributed by atoms with van der Waals surface area (Å²) in [5, 5.41) is 2.95. The van der Waals surface area contributed by atoms with Crippen LogP contribution in [0.5, 0.6) is 11.5 Å². The summed E-state index contributed by atoms with van der Waals surface area (Å²) in [7, 11) is 1.60. The molecule has 2 aromatic carbocycles. The van der Waals surface area contributed by atoms with Crippen molar-refractivity contribution in [3.8, 4) is 11.5 Å². The number of rotatable bonds is 10. The summed E-state index contributed by atoms with van der Waals surface area (Å²) >= 11 is 2.21. The van der Waals surface area contributed by atoms with Crippen molar-refractivity contribution in [3.05, 3.63) is 57.7 Å². The molecule has 0 fully saturated rings. The molecular formula is C23H29IN2O4. The molecule has 0 spiro atoms. The number of carbonyl (C=O) groups excluding carboxylic acids is 2. The molecule has 0 aliphatic heterocycles. The van der Waals surface area contributed by atoms with Crippen molar-refractivity contribution in [1.82, 2.24) is 10.2 Å². The van der Waals surface area contributed by atoms with Gasteiger partial charge in [-0.3, -0.25) is 9.59 Å². The first-order valence-electron chi connectivity index (χ1n) is 9.95. The maximum Gasteiger partial charge on any atom is 0.261 e. The van der Waals surface area contributed by atoms with E-state index in [0.29, 0.717) is 11.5 Å². The molecule has 162 valence electrons. The second-order valence-electron chi connectivity index (χ2n) is 7.11. The van der Waals surface area contributed by atoms with Gasteiger partial charge in [0.05, 0.1) is 7.11 Å². The van der Waals surface area contributed by atoms with Gasteiger partial charge in [0, 0.05) is 16.2 Å². The maximum absolute atomic E-state index is 13.0. The zero-order valence-electron chi connectivity index (χ0n) is 17.9. The zero-order valence-corrected chi connectivity index (χ0v) is 20.0. The van der Waals surface area contributed by atoms with Crippen LogP contribution in [0.3, 0.4) is 0 Å². The third-order valence-electron chi connectivity index (χ3n) is 4.83. The Labute approximate surface area is 192 Å². The van der Waals surface area contributed by atoms with E-state index in [1.807, 2.05) is 62.4 Å². The SMILES string of the molecule is CC[C@H](C)NC(=O)[C@H](C)N(Cc1cccc(OC)c1)C(=O)COc1ccc(I)cc1. The highest BCUT2D eigenvalue weighted by atomic mass is 127. The Hall–Kier alpha value is -2.29. The molecule has 0 saturated carbocycles. The van der Waals surface area contributed by atoms with Crippen LogP contribution in [-0.2, 0) is 16.1 Å². The monoisotopic (exact) mass is 524 g/mol. The summed E-state index contributed by atoms with van der Waals surface area (Å²) in [5.74, 6) is 0.867. The minimum absolute atomic E-state index is 0.0387. The molecule has 2 amide bonds. The van der Waals surface area contributed by atoms with Crippen molar-refractivity contribution in [3.63, 3.8) is 0 Å². The van der Waals surface area contributed by atoms with E-state index < -0.39 is 6.04 Å². The Morgan fingerprint density at radius 3 is 2.43 bits per heavy atom. The molecular weight excluding hydrogens is 495 g/mol. The highest BCUT2D eigenvalue weighted by Gasteiger charge is 2.27. The van der Waals surface area contributed by atoms with E-state index in [9.17, 15) is 9.59 Å². The molecule has 0 aliphatic rings. The predicted octanol–water partition coefficient (Wildman–Crippen LogP) is 4.01. The fourth-order valence-corrected chi connectivity index (χ4v) is 3.13. The van der Waals surface area contributed by atoms with Crippen LogP contribution in [-0.4, -0.2) is 42.5 Å². The summed E-state index contributed by atoms with van der Waals surface area (Å²) < 4.78 is 12.0. The first-order valence-corrected chi connectivity index (χ1v) is 11.0. The van der Waals surface area contributed by atoms with Crippen molar-refractivity contribution in [2.24, 2.45) is 0 Å². The van der Waals surface area contributed by atoms with Gasteiger partial charge in [-0.2, -0.15) is 0 Å². The number of ether oxygens (including phenoxy) is 2. The van der Waals surface area contributed by atoms with E-state index in [2.05, 4.69) is 27.9 Å². The molecule has 0 bridgehead atoms. The normalized spacial score (nSPS) is 12.6. The van der Waals surface area contributed by atoms with E-state index in [4.69, 9.17) is 9.47 Å². The average Bonchev–Trinajstić information content (AvgIpc) is 2.76. The first kappa shape index (κ1) is 24.0. The van der Waals surface area contributed by atoms with Gasteiger partial charge in [0.25, 0.3) is 5.91 Å². The minimum Gasteiger partial charge on any atom is -0.497 e. The van der Waals surface area contributed by atoms with E-state index in [1.54, 1.807) is 18.9 Å². The van der Waals surface area contributed by atoms with Crippen molar-refractivity contribution in [1.29, 1.82) is 0 Å². The summed E-state index contributed by atoms with van der Waals surface area (Å²) in [6.45, 7) is 5.82. The Balaban J connectivity index is 2.16. The number of carbonyl (C=O) groups is 2. The zero-order chi connectivity index (χ0) is 22.1. The molecule has 2 rings (SSSR count). The summed E-state index contributed by atoms with van der Waals surface area (Å²) in [4.78, 5) is 27.3. The number of hydrogen-bond donors (Lipinski definition) is 1. The van der Waals surface area contributed by atoms with Gasteiger partial charge in [0.15, 0.2) is 6.61 Å². The highest BCUT2D eigenvalue weighted by molar-refractivity contribution is 14.1. The van der Waals surface area contributed by atoms with Gasteiger partial charge in [-0.25, -0.2) is 0 Å². The Morgan fingerprint density at radius 2 is 1.80 bits per heavy atom. The Morgan fingerprint density at radius 1 is 1.10 bits per heavy atom. The molecule has 0 saturated heterocycles. The van der Waals surface area contributed by atoms with Gasteiger partial charge in [0.2, 0.25) is 5.91 Å². The van der Waals surface area contributed by atoms with Crippen LogP contribution in [0.2, 0.25) is 0 Å². The van der Waals surface area contributed by atoms with Crippen LogP contribution in [0.15, 0.2) is 48.5 Å². The number of nitrogens with one attached hydrogen (secondary N) is 1. The van der Waals surface area contributed by atoms with Crippen molar-refractivity contribution in [2.75, 3.05) is 13.7 Å². The molecule has 0 heterocycles. The Kier molecular flexibility index (Phi) is 9.42. The molecule has 1 N–H and O–H groups in total. The molecule has 2 aromatic rings. The maximum atomic E-state index is 13.0. The fraction of sp³-hybridized carbons (Fsp3) is 0.391. The van der Waals surface area contributed by atoms with Gasteiger partial charge < -0.3 is 19.7 Å². The van der Waals surface area contributed by atoms with Crippen LogP contribution in [0, 0.1) is 3.57 Å². The van der Waals surface area contributed by atoms with Gasteiger partial charge in [-0.15, -0.1) is 0 Å². The van der Waals surface area contributed by atoms with Gasteiger partial charge in [-0.1, -0.05) is 19.1 Å². The van der Waals surface area contributed by atoms with E-state index in [0.717, 1.165) is 15.6 Å². The molecule has 0 aliphatic carbocycles. The highest BCUT2D eigenvalue weighted by Crippen LogP contribution is 2.17. The molecule has 2 atom stereocenters. The second kappa shape index (κ2) is 11.8. The summed E-state index contributed by atoms with van der Waals surface area (Å²) in [6, 6.07) is 14.3. The third-order valence-corrected chi connectivity index (χ3v) is 5.55. The van der Waals surface area contributed by atoms with Crippen LogP contribution in [0.25, 0.3) is 0 Å². The number of benzene rings is 2. The molecule has 0 aromatic heterocycles. The molecule has 7 heteroatoms. The number of nitrogens with zero attached hydrogens (tertiary/aromatic N) is 1. The number of methoxy groups -OCH3 is 1. The van der Waals surface area contributed by atoms with Crippen LogP contribution < -0.4 is 14.8 Å². The lowest BCUT2D eigenvalue weighted by atomic mass is 10.1. The number of halogens is 1.